The summed E-state index contributed by atoms with van der Waals surface area (Å²) in [5.74, 6) is -0.0481. The van der Waals surface area contributed by atoms with Gasteiger partial charge in [0.15, 0.2) is 0 Å². The highest BCUT2D eigenvalue weighted by molar-refractivity contribution is 6.33. The van der Waals surface area contributed by atoms with Gasteiger partial charge in [-0.1, -0.05) is 413 Å². The van der Waals surface area contributed by atoms with E-state index < -0.39 is 19.1 Å². The van der Waals surface area contributed by atoms with Crippen molar-refractivity contribution in [2.24, 2.45) is 0 Å². The molecule has 1 aromatic carbocycles. The molecular weight excluding hydrogens is 1120 g/mol. The Labute approximate surface area is 562 Å². The summed E-state index contributed by atoms with van der Waals surface area (Å²) in [6, 6.07) is 3.58. The third-order valence-corrected chi connectivity index (χ3v) is 19.0. The molecule has 0 heterocycles. The fraction of sp³-hybridized carbons (Fsp3) is 0.926. The summed E-state index contributed by atoms with van der Waals surface area (Å²) in [7, 11) is 2.65. The highest BCUT2D eigenvalue weighted by Crippen LogP contribution is 2.30. The van der Waals surface area contributed by atoms with Gasteiger partial charge in [-0.15, -0.1) is 0 Å². The topological polar surface area (TPSA) is 56.2 Å². The molecule has 0 aliphatic carbocycles. The quantitative estimate of drug-likeness (QED) is 0.0503. The van der Waals surface area contributed by atoms with Crippen molar-refractivity contribution in [3.05, 3.63) is 29.8 Å². The van der Waals surface area contributed by atoms with Crippen molar-refractivity contribution in [2.45, 2.75) is 445 Å². The van der Waals surface area contributed by atoms with E-state index in [-0.39, 0.29) is 5.75 Å². The van der Waals surface area contributed by atoms with Gasteiger partial charge in [0, 0.05) is 0 Å². The molecule has 536 valence electrons. The van der Waals surface area contributed by atoms with Gasteiger partial charge in [-0.25, -0.2) is 0 Å². The smallest absolute Gasteiger partial charge is 0.512 e. The predicted molar refractivity (Wildman–Crippen MR) is 395 cm³/mol. The Bertz CT molecular complexity index is 1290. The minimum absolute atomic E-state index is 0.0481. The molecule has 0 bridgehead atoms. The summed E-state index contributed by atoms with van der Waals surface area (Å²) < 4.78 is 40.5. The molecule has 5 nitrogen and oxygen atoms in total. The third kappa shape index (κ3) is 77.4. The summed E-state index contributed by atoms with van der Waals surface area (Å²) in [6.07, 6.45) is 89.2. The van der Waals surface area contributed by atoms with Crippen LogP contribution in [-0.4, -0.2) is 67.4 Å². The molecule has 0 unspecified atom stereocenters. The minimum atomic E-state index is -4.41. The zero-order valence-corrected chi connectivity index (χ0v) is 61.8. The molecule has 0 aromatic heterocycles. The largest absolute Gasteiger partial charge is 0.707 e. The first-order chi connectivity index (χ1) is 44.0. The zero-order chi connectivity index (χ0) is 66.0. The molecule has 0 radical (unpaired) electrons. The van der Waals surface area contributed by atoms with E-state index in [2.05, 4.69) is 56.2 Å². The van der Waals surface area contributed by atoms with Gasteiger partial charge < -0.3 is 24.5 Å². The number of nitrogens with zero attached hydrogens (tertiary/aromatic N) is 2. The van der Waals surface area contributed by atoms with Crippen LogP contribution >= 0.6 is 0 Å². The van der Waals surface area contributed by atoms with Crippen LogP contribution in [-0.2, 0) is 6.18 Å². The van der Waals surface area contributed by atoms with Gasteiger partial charge in [-0.2, -0.15) is 13.2 Å². The lowest BCUT2D eigenvalue weighted by atomic mass is 10.0. The second-order valence-electron chi connectivity index (χ2n) is 28.3. The maximum absolute atomic E-state index is 12.0. The van der Waals surface area contributed by atoms with E-state index in [9.17, 15) is 13.2 Å². The Morgan fingerprint density at radius 3 is 0.544 bits per heavy atom. The van der Waals surface area contributed by atoms with Crippen LogP contribution in [0.4, 0.5) is 13.2 Å². The lowest BCUT2D eigenvalue weighted by Gasteiger charge is -2.16. The molecule has 0 saturated carbocycles. The molecule has 1 aromatic rings. The highest BCUT2D eigenvalue weighted by atomic mass is 19.4. The summed E-state index contributed by atoms with van der Waals surface area (Å²) in [4.78, 5) is 5.18. The third-order valence-electron chi connectivity index (χ3n) is 19.0. The molecule has 0 fully saturated rings. The average molecular weight is 1280 g/mol. The fourth-order valence-corrected chi connectivity index (χ4v) is 12.8. The van der Waals surface area contributed by atoms with Gasteiger partial charge in [0.2, 0.25) is 0 Å². The van der Waals surface area contributed by atoms with Crippen molar-refractivity contribution in [3.8, 4) is 5.75 Å². The Kier molecular flexibility index (Phi) is 77.4. The maximum Gasteiger partial charge on any atom is 0.707 e. The SMILES string of the molecule is CCCCCCCCCCCCCCCCCCN(C)CCCCCCCCCCCCCCCCCC.CCCCCCCCCCCCCCCCCCN(C)CCCCCCCCCCCCCCCCCC.OB(O)Oc1ccc(C(F)(F)F)cc1. The fourth-order valence-electron chi connectivity index (χ4n) is 12.8. The molecule has 0 spiro atoms. The van der Waals surface area contributed by atoms with Gasteiger partial charge in [0.25, 0.3) is 0 Å². The summed E-state index contributed by atoms with van der Waals surface area (Å²) in [5.41, 5.74) is -0.822. The van der Waals surface area contributed by atoms with Crippen LogP contribution in [0.25, 0.3) is 0 Å². The second-order valence-corrected chi connectivity index (χ2v) is 28.3. The van der Waals surface area contributed by atoms with Crippen molar-refractivity contribution >= 4 is 7.32 Å². The Balaban J connectivity index is 0. The lowest BCUT2D eigenvalue weighted by Crippen LogP contribution is -2.20. The highest BCUT2D eigenvalue weighted by Gasteiger charge is 2.30. The van der Waals surface area contributed by atoms with Gasteiger partial charge in [-0.3, -0.25) is 0 Å². The number of alkyl halides is 3. The molecule has 1 rings (SSSR count). The van der Waals surface area contributed by atoms with Crippen molar-refractivity contribution in [1.82, 2.24) is 9.80 Å². The van der Waals surface area contributed by atoms with E-state index in [1.807, 2.05) is 0 Å². The number of unbranched alkanes of at least 4 members (excludes halogenated alkanes) is 60. The Morgan fingerprint density at radius 2 is 0.411 bits per heavy atom. The van der Waals surface area contributed by atoms with Crippen LogP contribution in [0.1, 0.15) is 444 Å². The van der Waals surface area contributed by atoms with E-state index >= 15 is 0 Å². The van der Waals surface area contributed by atoms with E-state index in [0.717, 1.165) is 24.3 Å². The summed E-state index contributed by atoms with van der Waals surface area (Å²) >= 11 is 0. The van der Waals surface area contributed by atoms with Crippen LogP contribution in [0, 0.1) is 0 Å². The molecule has 0 amide bonds. The van der Waals surface area contributed by atoms with Crippen LogP contribution < -0.4 is 4.65 Å². The van der Waals surface area contributed by atoms with Crippen LogP contribution in [0.3, 0.4) is 0 Å². The van der Waals surface area contributed by atoms with Crippen molar-refractivity contribution < 1.29 is 27.9 Å². The minimum Gasteiger partial charge on any atom is -0.512 e. The molecule has 90 heavy (non-hydrogen) atoms. The normalized spacial score (nSPS) is 11.6. The van der Waals surface area contributed by atoms with Crippen LogP contribution in [0.2, 0.25) is 0 Å². The lowest BCUT2D eigenvalue weighted by molar-refractivity contribution is -0.137. The number of halogens is 3. The Morgan fingerprint density at radius 1 is 0.267 bits per heavy atom. The second kappa shape index (κ2) is 76.7. The summed E-state index contributed by atoms with van der Waals surface area (Å²) in [6.45, 7) is 14.5. The van der Waals surface area contributed by atoms with Crippen LogP contribution in [0.5, 0.6) is 5.75 Å². The first-order valence-electron chi connectivity index (χ1n) is 40.6. The Hall–Kier alpha value is -1.29. The van der Waals surface area contributed by atoms with Gasteiger partial charge in [0.1, 0.15) is 5.75 Å². The van der Waals surface area contributed by atoms with Crippen LogP contribution in [0.15, 0.2) is 24.3 Å². The maximum atomic E-state index is 12.0. The van der Waals surface area contributed by atoms with E-state index in [4.69, 9.17) is 10.0 Å². The zero-order valence-electron chi connectivity index (χ0n) is 61.8. The van der Waals surface area contributed by atoms with Crippen molar-refractivity contribution in [2.75, 3.05) is 40.3 Å². The monoisotopic (exact) mass is 1280 g/mol. The van der Waals surface area contributed by atoms with E-state index in [1.54, 1.807) is 0 Å². The molecule has 0 aliphatic rings. The van der Waals surface area contributed by atoms with Crippen molar-refractivity contribution in [1.29, 1.82) is 0 Å². The summed E-state index contributed by atoms with van der Waals surface area (Å²) in [5, 5.41) is 16.7. The number of rotatable bonds is 70. The molecule has 9 heteroatoms. The number of benzene rings is 1. The molecular formula is C81H160BF3N2O3. The number of hydrogen-bond acceptors (Lipinski definition) is 5. The first-order valence-corrected chi connectivity index (χ1v) is 40.6. The average Bonchev–Trinajstić information content (AvgIpc) is 3.73. The molecule has 2 N–H and O–H groups in total. The molecule has 0 saturated heterocycles. The van der Waals surface area contributed by atoms with E-state index in [1.165, 1.54) is 437 Å². The number of hydrogen-bond donors (Lipinski definition) is 2. The van der Waals surface area contributed by atoms with Crippen molar-refractivity contribution in [3.63, 3.8) is 0 Å². The van der Waals surface area contributed by atoms with Gasteiger partial charge in [0.05, 0.1) is 5.56 Å². The predicted octanol–water partition coefficient (Wildman–Crippen LogP) is 27.9. The first kappa shape index (κ1) is 90.8. The molecule has 0 aliphatic heterocycles. The van der Waals surface area contributed by atoms with Gasteiger partial charge in [-0.05, 0) is 90.2 Å². The van der Waals surface area contributed by atoms with E-state index in [0.29, 0.717) is 0 Å². The van der Waals surface area contributed by atoms with Gasteiger partial charge >= 0.3 is 13.5 Å². The standard InChI is InChI=1S/2C37H77N.C7H6BF3O3/c2*1-4-6-8-10-12-14-16-18-20-22-24-26-28-30-32-34-36-38(3)37-35-33-31-29-27-25-23-21-19-17-15-13-11-9-7-5-2;9-7(10,11)5-1-3-6(4-2-5)14-8(12)13/h2*4-37H2,1-3H3;1-4,12-13H. The molecule has 0 atom stereocenters.